The Bertz CT molecular complexity index is 1430. The number of para-hydroxylation sites is 1. The number of ether oxygens (including phenoxy) is 1. The van der Waals surface area contributed by atoms with Crippen molar-refractivity contribution >= 4 is 43.5 Å². The zero-order valence-electron chi connectivity index (χ0n) is 19.0. The Balaban J connectivity index is 1.99. The summed E-state index contributed by atoms with van der Waals surface area (Å²) in [7, 11) is -3.82. The van der Waals surface area contributed by atoms with Gasteiger partial charge in [0.25, 0.3) is 5.91 Å². The zero-order chi connectivity index (χ0) is 25.6. The average molecular weight is 518 g/mol. The number of thiazole rings is 1. The third-order valence-electron chi connectivity index (χ3n) is 4.85. The van der Waals surface area contributed by atoms with Gasteiger partial charge in [0.05, 0.1) is 21.7 Å². The van der Waals surface area contributed by atoms with Crippen molar-refractivity contribution in [3.05, 3.63) is 84.0 Å². The lowest BCUT2D eigenvalue weighted by Gasteiger charge is -2.19. The second kappa shape index (κ2) is 11.3. The molecule has 1 heterocycles. The lowest BCUT2D eigenvalue weighted by molar-refractivity contribution is -0.143. The summed E-state index contributed by atoms with van der Waals surface area (Å²) in [6.07, 6.45) is 2.94. The third kappa shape index (κ3) is 5.81. The highest BCUT2D eigenvalue weighted by Crippen LogP contribution is 2.21. The van der Waals surface area contributed by atoms with E-state index in [2.05, 4.69) is 18.2 Å². The molecule has 0 aliphatic rings. The first kappa shape index (κ1) is 26.2. The van der Waals surface area contributed by atoms with E-state index in [1.165, 1.54) is 57.4 Å². The first-order valence-electron chi connectivity index (χ1n) is 10.6. The predicted octanol–water partition coefficient (Wildman–Crippen LogP) is 3.51. The standard InChI is InChI=1S/C24H24FN3O5S2/c1-4-14-27(15-5-2)35(31,32)18-12-10-17(11-13-18)23(30)26-24-28(16-21(29)33-6-3)22-19(25)8-7-9-20(22)34-24/h4-5,7-13H,1-2,6,14-16H2,3H3. The van der Waals surface area contributed by atoms with Crippen molar-refractivity contribution in [2.45, 2.75) is 18.4 Å². The van der Waals surface area contributed by atoms with Crippen LogP contribution < -0.4 is 4.80 Å². The normalized spacial score (nSPS) is 12.1. The van der Waals surface area contributed by atoms with Crippen molar-refractivity contribution in [3.8, 4) is 0 Å². The van der Waals surface area contributed by atoms with Crippen molar-refractivity contribution in [2.24, 2.45) is 4.99 Å². The van der Waals surface area contributed by atoms with Gasteiger partial charge in [-0.05, 0) is 43.3 Å². The van der Waals surface area contributed by atoms with Crippen LogP contribution in [0.3, 0.4) is 0 Å². The Kier molecular flexibility index (Phi) is 8.49. The molecule has 0 aliphatic heterocycles. The molecule has 3 rings (SSSR count). The maximum absolute atomic E-state index is 14.5. The number of fused-ring (bicyclic) bond motifs is 1. The molecule has 3 aromatic rings. The summed E-state index contributed by atoms with van der Waals surface area (Å²) < 4.78 is 48.2. The molecule has 0 fully saturated rings. The molecule has 2 aromatic carbocycles. The molecule has 0 radical (unpaired) electrons. The molecule has 0 atom stereocenters. The molecule has 35 heavy (non-hydrogen) atoms. The molecule has 0 spiro atoms. The number of nitrogens with zero attached hydrogens (tertiary/aromatic N) is 3. The SMILES string of the molecule is C=CCN(CC=C)S(=O)(=O)c1ccc(C(=O)N=c2sc3cccc(F)c3n2CC(=O)OCC)cc1. The average Bonchev–Trinajstić information content (AvgIpc) is 3.17. The number of halogens is 1. The molecule has 1 amide bonds. The number of hydrogen-bond donors (Lipinski definition) is 0. The molecular formula is C24H24FN3O5S2. The molecule has 0 saturated carbocycles. The topological polar surface area (TPSA) is 98.0 Å². The van der Waals surface area contributed by atoms with Crippen LogP contribution in [0.4, 0.5) is 4.39 Å². The summed E-state index contributed by atoms with van der Waals surface area (Å²) in [5, 5.41) is 0. The van der Waals surface area contributed by atoms with Crippen LogP contribution in [0.1, 0.15) is 17.3 Å². The highest BCUT2D eigenvalue weighted by Gasteiger charge is 2.23. The van der Waals surface area contributed by atoms with E-state index in [4.69, 9.17) is 4.74 Å². The fraction of sp³-hybridized carbons (Fsp3) is 0.208. The molecule has 0 aliphatic carbocycles. The maximum Gasteiger partial charge on any atom is 0.326 e. The monoisotopic (exact) mass is 517 g/mol. The summed E-state index contributed by atoms with van der Waals surface area (Å²) in [4.78, 5) is 29.2. The molecule has 1 aromatic heterocycles. The van der Waals surface area contributed by atoms with Gasteiger partial charge in [0.1, 0.15) is 12.4 Å². The van der Waals surface area contributed by atoms with Crippen LogP contribution in [0.5, 0.6) is 0 Å². The molecule has 0 saturated heterocycles. The van der Waals surface area contributed by atoms with Gasteiger partial charge in [-0.3, -0.25) is 9.59 Å². The summed E-state index contributed by atoms with van der Waals surface area (Å²) in [6, 6.07) is 9.76. The Morgan fingerprint density at radius 3 is 2.40 bits per heavy atom. The van der Waals surface area contributed by atoms with Gasteiger partial charge in [-0.25, -0.2) is 12.8 Å². The molecule has 0 bridgehead atoms. The number of rotatable bonds is 10. The predicted molar refractivity (Wildman–Crippen MR) is 132 cm³/mol. The van der Waals surface area contributed by atoms with Crippen molar-refractivity contribution in [3.63, 3.8) is 0 Å². The lowest BCUT2D eigenvalue weighted by Crippen LogP contribution is -2.31. The smallest absolute Gasteiger partial charge is 0.326 e. The maximum atomic E-state index is 14.5. The van der Waals surface area contributed by atoms with Crippen LogP contribution >= 0.6 is 11.3 Å². The Hall–Kier alpha value is -3.41. The first-order chi connectivity index (χ1) is 16.7. The van der Waals surface area contributed by atoms with E-state index in [-0.39, 0.29) is 47.0 Å². The van der Waals surface area contributed by atoms with Crippen molar-refractivity contribution in [2.75, 3.05) is 19.7 Å². The van der Waals surface area contributed by atoms with E-state index >= 15 is 0 Å². The van der Waals surface area contributed by atoms with Crippen LogP contribution in [-0.4, -0.2) is 48.9 Å². The third-order valence-corrected chi connectivity index (χ3v) is 7.74. The van der Waals surface area contributed by atoms with Gasteiger partial charge in [-0.1, -0.05) is 29.6 Å². The second-order valence-corrected chi connectivity index (χ2v) is 10.2. The van der Waals surface area contributed by atoms with Crippen molar-refractivity contribution in [1.82, 2.24) is 8.87 Å². The molecule has 184 valence electrons. The molecular weight excluding hydrogens is 493 g/mol. The van der Waals surface area contributed by atoms with Gasteiger partial charge in [0.15, 0.2) is 4.80 Å². The van der Waals surface area contributed by atoms with E-state index < -0.39 is 27.7 Å². The van der Waals surface area contributed by atoms with Crippen LogP contribution in [-0.2, 0) is 26.1 Å². The van der Waals surface area contributed by atoms with Crippen LogP contribution in [0.2, 0.25) is 0 Å². The highest BCUT2D eigenvalue weighted by atomic mass is 32.2. The van der Waals surface area contributed by atoms with E-state index in [0.717, 1.165) is 11.3 Å². The van der Waals surface area contributed by atoms with Crippen LogP contribution in [0.15, 0.2) is 77.7 Å². The van der Waals surface area contributed by atoms with E-state index in [1.54, 1.807) is 13.0 Å². The van der Waals surface area contributed by atoms with Gasteiger partial charge in [-0.15, -0.1) is 13.2 Å². The van der Waals surface area contributed by atoms with E-state index in [0.29, 0.717) is 4.70 Å². The van der Waals surface area contributed by atoms with Crippen molar-refractivity contribution in [1.29, 1.82) is 0 Å². The Labute approximate surface area is 206 Å². The second-order valence-electron chi connectivity index (χ2n) is 7.20. The summed E-state index contributed by atoms with van der Waals surface area (Å²) >= 11 is 1.05. The first-order valence-corrected chi connectivity index (χ1v) is 12.8. The Morgan fingerprint density at radius 2 is 1.80 bits per heavy atom. The zero-order valence-corrected chi connectivity index (χ0v) is 20.6. The minimum atomic E-state index is -3.82. The van der Waals surface area contributed by atoms with Gasteiger partial charge >= 0.3 is 5.97 Å². The number of aromatic nitrogens is 1. The largest absolute Gasteiger partial charge is 0.465 e. The van der Waals surface area contributed by atoms with Crippen LogP contribution in [0, 0.1) is 5.82 Å². The van der Waals surface area contributed by atoms with E-state index in [1.807, 2.05) is 0 Å². The van der Waals surface area contributed by atoms with Gasteiger partial charge < -0.3 is 9.30 Å². The number of benzene rings is 2. The highest BCUT2D eigenvalue weighted by molar-refractivity contribution is 7.89. The quantitative estimate of drug-likeness (QED) is 0.303. The Morgan fingerprint density at radius 1 is 1.14 bits per heavy atom. The fourth-order valence-electron chi connectivity index (χ4n) is 3.28. The molecule has 11 heteroatoms. The molecule has 0 unspecified atom stereocenters. The number of amides is 1. The lowest BCUT2D eigenvalue weighted by atomic mass is 10.2. The summed E-state index contributed by atoms with van der Waals surface area (Å²) in [6.45, 7) is 8.84. The van der Waals surface area contributed by atoms with Crippen LogP contribution in [0.25, 0.3) is 10.2 Å². The molecule has 0 N–H and O–H groups in total. The van der Waals surface area contributed by atoms with E-state index in [9.17, 15) is 22.4 Å². The summed E-state index contributed by atoms with van der Waals surface area (Å²) in [5.74, 6) is -1.83. The van der Waals surface area contributed by atoms with Gasteiger partial charge in [0.2, 0.25) is 10.0 Å². The van der Waals surface area contributed by atoms with Crippen molar-refractivity contribution < 1.29 is 27.1 Å². The van der Waals surface area contributed by atoms with Gasteiger partial charge in [0, 0.05) is 18.7 Å². The number of esters is 1. The minimum absolute atomic E-state index is 0.000872. The number of sulfonamides is 1. The minimum Gasteiger partial charge on any atom is -0.465 e. The number of hydrogen-bond acceptors (Lipinski definition) is 6. The van der Waals surface area contributed by atoms with Gasteiger partial charge in [-0.2, -0.15) is 9.30 Å². The molecule has 8 nitrogen and oxygen atoms in total. The fourth-order valence-corrected chi connectivity index (χ4v) is 5.71. The summed E-state index contributed by atoms with van der Waals surface area (Å²) in [5.41, 5.74) is 0.270. The number of carbonyl (C=O) groups excluding carboxylic acids is 2. The number of carbonyl (C=O) groups is 2.